The number of nitrogens with zero attached hydrogens (tertiary/aromatic N) is 2. The van der Waals surface area contributed by atoms with Crippen LogP contribution in [0.25, 0.3) is 16.9 Å². The van der Waals surface area contributed by atoms with Gasteiger partial charge in [-0.05, 0) is 48.4 Å². The van der Waals surface area contributed by atoms with E-state index >= 15 is 0 Å². The number of carbonyl (C=O) groups excluding carboxylic acids is 2. The number of methoxy groups -OCH3 is 1. The van der Waals surface area contributed by atoms with E-state index in [0.29, 0.717) is 22.8 Å². The number of hydrogen-bond donors (Lipinski definition) is 2. The first kappa shape index (κ1) is 21.4. The smallest absolute Gasteiger partial charge is 0.411 e. The summed E-state index contributed by atoms with van der Waals surface area (Å²) in [6.45, 7) is 2.32. The highest BCUT2D eigenvalue weighted by atomic mass is 35.5. The zero-order chi connectivity index (χ0) is 22.7. The van der Waals surface area contributed by atoms with Gasteiger partial charge < -0.3 is 10.1 Å². The molecule has 7 nitrogen and oxygen atoms in total. The van der Waals surface area contributed by atoms with E-state index in [2.05, 4.69) is 20.4 Å². The monoisotopic (exact) mass is 448 g/mol. The van der Waals surface area contributed by atoms with E-state index in [1.54, 1.807) is 36.7 Å². The third-order valence-corrected chi connectivity index (χ3v) is 5.28. The Morgan fingerprint density at radius 3 is 2.50 bits per heavy atom. The minimum Gasteiger partial charge on any atom is -0.453 e. The molecular formula is C24H21ClN4O3. The molecule has 0 saturated carbocycles. The molecule has 0 spiro atoms. The van der Waals surface area contributed by atoms with Crippen molar-refractivity contribution >= 4 is 34.9 Å². The largest absolute Gasteiger partial charge is 0.453 e. The van der Waals surface area contributed by atoms with Crippen LogP contribution in [0, 0.1) is 6.92 Å². The fourth-order valence-electron chi connectivity index (χ4n) is 3.38. The van der Waals surface area contributed by atoms with E-state index in [4.69, 9.17) is 11.6 Å². The summed E-state index contributed by atoms with van der Waals surface area (Å²) in [4.78, 5) is 28.7. The number of benzene rings is 2. The Kier molecular flexibility index (Phi) is 6.09. The predicted octanol–water partition coefficient (Wildman–Crippen LogP) is 5.07. The van der Waals surface area contributed by atoms with Crippen molar-refractivity contribution in [3.63, 3.8) is 0 Å². The van der Waals surface area contributed by atoms with E-state index in [1.165, 1.54) is 7.11 Å². The fourth-order valence-corrected chi connectivity index (χ4v) is 3.50. The van der Waals surface area contributed by atoms with Gasteiger partial charge in [-0.15, -0.1) is 0 Å². The summed E-state index contributed by atoms with van der Waals surface area (Å²) in [5.74, 6) is -0.178. The van der Waals surface area contributed by atoms with Gasteiger partial charge >= 0.3 is 6.09 Å². The van der Waals surface area contributed by atoms with E-state index in [0.717, 1.165) is 28.0 Å². The molecule has 2 amide bonds. The highest BCUT2D eigenvalue weighted by Crippen LogP contribution is 2.25. The van der Waals surface area contributed by atoms with Crippen LogP contribution in [0.2, 0.25) is 5.02 Å². The fraction of sp³-hybridized carbons (Fsp3) is 0.125. The second-order valence-corrected chi connectivity index (χ2v) is 7.69. The Morgan fingerprint density at radius 1 is 1.09 bits per heavy atom. The molecule has 162 valence electrons. The van der Waals surface area contributed by atoms with Gasteiger partial charge in [-0.3, -0.25) is 14.5 Å². The van der Waals surface area contributed by atoms with E-state index in [1.807, 2.05) is 41.7 Å². The summed E-state index contributed by atoms with van der Waals surface area (Å²) < 4.78 is 6.51. The number of anilines is 1. The molecule has 0 saturated heterocycles. The maximum absolute atomic E-state index is 12.8. The Morgan fingerprint density at radius 2 is 1.81 bits per heavy atom. The molecule has 0 aliphatic rings. The lowest BCUT2D eigenvalue weighted by Crippen LogP contribution is -2.23. The van der Waals surface area contributed by atoms with E-state index in [-0.39, 0.29) is 5.91 Å². The second-order valence-electron chi connectivity index (χ2n) is 7.25. The maximum Gasteiger partial charge on any atom is 0.411 e. The highest BCUT2D eigenvalue weighted by Gasteiger charge is 2.13. The van der Waals surface area contributed by atoms with Crippen LogP contribution in [-0.4, -0.2) is 28.5 Å². The number of pyridine rings is 1. The molecule has 0 atom stereocenters. The summed E-state index contributed by atoms with van der Waals surface area (Å²) in [6.07, 6.45) is 3.01. The second kappa shape index (κ2) is 9.11. The number of aryl methyl sites for hydroxylation is 1. The van der Waals surface area contributed by atoms with Gasteiger partial charge in [-0.1, -0.05) is 35.9 Å². The molecule has 0 aliphatic heterocycles. The molecule has 2 N–H and O–H groups in total. The van der Waals surface area contributed by atoms with Crippen LogP contribution in [0.1, 0.15) is 21.5 Å². The van der Waals surface area contributed by atoms with E-state index in [9.17, 15) is 9.59 Å². The van der Waals surface area contributed by atoms with Gasteiger partial charge in [0.2, 0.25) is 0 Å². The van der Waals surface area contributed by atoms with Crippen molar-refractivity contribution in [2.45, 2.75) is 13.5 Å². The lowest BCUT2D eigenvalue weighted by molar-refractivity contribution is 0.0950. The predicted molar refractivity (Wildman–Crippen MR) is 124 cm³/mol. The summed E-state index contributed by atoms with van der Waals surface area (Å²) in [6, 6.07) is 16.5. The van der Waals surface area contributed by atoms with Crippen LogP contribution in [0.3, 0.4) is 0 Å². The van der Waals surface area contributed by atoms with Gasteiger partial charge in [0.15, 0.2) is 0 Å². The number of imidazole rings is 1. The number of ether oxygens (including phenoxy) is 1. The van der Waals surface area contributed by atoms with Crippen molar-refractivity contribution < 1.29 is 14.3 Å². The molecule has 0 unspecified atom stereocenters. The molecular weight excluding hydrogens is 428 g/mol. The first-order valence-corrected chi connectivity index (χ1v) is 10.3. The molecule has 0 bridgehead atoms. The van der Waals surface area contributed by atoms with Crippen molar-refractivity contribution in [1.82, 2.24) is 14.7 Å². The topological polar surface area (TPSA) is 84.7 Å². The quantitative estimate of drug-likeness (QED) is 0.446. The van der Waals surface area contributed by atoms with Gasteiger partial charge in [0.05, 0.1) is 24.6 Å². The first-order chi connectivity index (χ1) is 15.4. The van der Waals surface area contributed by atoms with Gasteiger partial charge in [0, 0.05) is 29.0 Å². The molecule has 0 fully saturated rings. The summed E-state index contributed by atoms with van der Waals surface area (Å²) >= 11 is 5.92. The number of amides is 2. The number of aromatic nitrogens is 2. The van der Waals surface area contributed by atoms with Crippen molar-refractivity contribution in [3.8, 4) is 11.3 Å². The van der Waals surface area contributed by atoms with Gasteiger partial charge in [-0.2, -0.15) is 0 Å². The molecule has 32 heavy (non-hydrogen) atoms. The van der Waals surface area contributed by atoms with Crippen LogP contribution in [0.5, 0.6) is 0 Å². The highest BCUT2D eigenvalue weighted by molar-refractivity contribution is 6.30. The van der Waals surface area contributed by atoms with Crippen LogP contribution in [0.15, 0.2) is 67.0 Å². The third kappa shape index (κ3) is 4.58. The van der Waals surface area contributed by atoms with Crippen LogP contribution in [-0.2, 0) is 11.3 Å². The zero-order valence-corrected chi connectivity index (χ0v) is 18.3. The van der Waals surface area contributed by atoms with Crippen molar-refractivity contribution in [2.75, 3.05) is 12.4 Å². The molecule has 2 heterocycles. The number of carbonyl (C=O) groups is 2. The van der Waals surface area contributed by atoms with Crippen molar-refractivity contribution in [1.29, 1.82) is 0 Å². The molecule has 4 rings (SSSR count). The maximum atomic E-state index is 12.8. The zero-order valence-electron chi connectivity index (χ0n) is 17.6. The Bertz CT molecular complexity index is 1280. The van der Waals surface area contributed by atoms with Gasteiger partial charge in [-0.25, -0.2) is 9.78 Å². The number of rotatable bonds is 5. The molecule has 0 radical (unpaired) electrons. The molecule has 0 aliphatic carbocycles. The number of hydrogen-bond acceptors (Lipinski definition) is 4. The normalized spacial score (nSPS) is 10.7. The standard InChI is InChI=1S/C24H21ClN4O3/c1-15-11-18(23(30)27-12-16-3-7-19(25)8-4-16)14-29-21(13-26-22(15)29)17-5-9-20(10-6-17)28-24(31)32-2/h3-11,13-14H,12H2,1-2H3,(H,27,30)(H,28,31). The van der Waals surface area contributed by atoms with Crippen LogP contribution in [0.4, 0.5) is 10.5 Å². The minimum atomic E-state index is -0.530. The Balaban J connectivity index is 1.58. The summed E-state index contributed by atoms with van der Waals surface area (Å²) in [5, 5.41) is 6.22. The van der Waals surface area contributed by atoms with Crippen molar-refractivity contribution in [3.05, 3.63) is 88.7 Å². The molecule has 2 aromatic heterocycles. The van der Waals surface area contributed by atoms with E-state index < -0.39 is 6.09 Å². The number of fused-ring (bicyclic) bond motifs is 1. The lowest BCUT2D eigenvalue weighted by Gasteiger charge is -2.10. The lowest BCUT2D eigenvalue weighted by atomic mass is 10.1. The number of halogens is 1. The molecule has 2 aromatic carbocycles. The van der Waals surface area contributed by atoms with Gasteiger partial charge in [0.25, 0.3) is 5.91 Å². The summed E-state index contributed by atoms with van der Waals surface area (Å²) in [7, 11) is 1.31. The number of nitrogens with one attached hydrogen (secondary N) is 2. The molecule has 4 aromatic rings. The van der Waals surface area contributed by atoms with Gasteiger partial charge in [0.1, 0.15) is 5.65 Å². The Hall–Kier alpha value is -3.84. The SMILES string of the molecule is COC(=O)Nc1ccc(-c2cnc3c(C)cc(C(=O)NCc4ccc(Cl)cc4)cn23)cc1. The molecule has 8 heteroatoms. The van der Waals surface area contributed by atoms with Crippen LogP contribution < -0.4 is 10.6 Å². The van der Waals surface area contributed by atoms with Crippen LogP contribution >= 0.6 is 11.6 Å². The minimum absolute atomic E-state index is 0.178. The average molecular weight is 449 g/mol. The third-order valence-electron chi connectivity index (χ3n) is 5.03. The average Bonchev–Trinajstić information content (AvgIpc) is 3.23. The Labute approximate surface area is 190 Å². The first-order valence-electron chi connectivity index (χ1n) is 9.90. The van der Waals surface area contributed by atoms with Crippen molar-refractivity contribution in [2.24, 2.45) is 0 Å². The summed E-state index contributed by atoms with van der Waals surface area (Å²) in [5.41, 5.74) is 5.50.